The highest BCUT2D eigenvalue weighted by atomic mass is 16.6. The summed E-state index contributed by atoms with van der Waals surface area (Å²) in [6, 6.07) is 11.5. The monoisotopic (exact) mass is 643 g/mol. The lowest BCUT2D eigenvalue weighted by molar-refractivity contribution is -0.179. The van der Waals surface area contributed by atoms with Crippen LogP contribution in [0.15, 0.2) is 78.7 Å². The Labute approximate surface area is 274 Å². The Bertz CT molecular complexity index is 1610. The fraction of sp³-hybridized carbons (Fsp3) is 0.459. The molecule has 248 valence electrons. The normalized spacial score (nSPS) is 31.2. The van der Waals surface area contributed by atoms with Gasteiger partial charge in [-0.3, -0.25) is 19.4 Å². The van der Waals surface area contributed by atoms with Crippen LogP contribution in [0.3, 0.4) is 0 Å². The topological polar surface area (TPSA) is 135 Å². The summed E-state index contributed by atoms with van der Waals surface area (Å²) >= 11 is 0. The largest absolute Gasteiger partial charge is 0.458 e. The Morgan fingerprint density at radius 2 is 1.57 bits per heavy atom. The Hall–Kier alpha value is -4.60. The van der Waals surface area contributed by atoms with Gasteiger partial charge in [0.25, 0.3) is 0 Å². The number of hydrogen-bond acceptors (Lipinski definition) is 10. The van der Waals surface area contributed by atoms with Gasteiger partial charge in [0.2, 0.25) is 5.78 Å². The molecule has 3 aliphatic rings. The minimum absolute atomic E-state index is 0.0172. The van der Waals surface area contributed by atoms with Gasteiger partial charge in [0, 0.05) is 38.2 Å². The van der Waals surface area contributed by atoms with Crippen molar-refractivity contribution < 1.29 is 42.9 Å². The number of ether oxygens (including phenoxy) is 4. The van der Waals surface area contributed by atoms with Crippen LogP contribution in [0.1, 0.15) is 75.1 Å². The number of ketones is 1. The second kappa shape index (κ2) is 12.9. The molecule has 2 saturated carbocycles. The molecule has 2 aromatic rings. The highest BCUT2D eigenvalue weighted by Crippen LogP contribution is 2.63. The van der Waals surface area contributed by atoms with Crippen molar-refractivity contribution >= 4 is 29.7 Å². The van der Waals surface area contributed by atoms with Crippen LogP contribution in [-0.4, -0.2) is 58.6 Å². The zero-order valence-electron chi connectivity index (χ0n) is 27.6. The molecular formula is C37H41NO9. The fourth-order valence-electron chi connectivity index (χ4n) is 7.55. The van der Waals surface area contributed by atoms with E-state index in [0.717, 1.165) is 0 Å². The highest BCUT2D eigenvalue weighted by Gasteiger charge is 2.66. The molecule has 0 radical (unpaired) electrons. The van der Waals surface area contributed by atoms with Gasteiger partial charge in [0.1, 0.15) is 18.3 Å². The van der Waals surface area contributed by atoms with Crippen molar-refractivity contribution in [3.63, 3.8) is 0 Å². The average molecular weight is 644 g/mol. The number of benzene rings is 1. The first kappa shape index (κ1) is 33.8. The molecule has 1 aromatic heterocycles. The molecule has 8 atom stereocenters. The highest BCUT2D eigenvalue weighted by molar-refractivity contribution is 6.03. The summed E-state index contributed by atoms with van der Waals surface area (Å²) in [7, 11) is 0. The molecule has 1 aromatic carbocycles. The predicted octanol–water partition coefficient (Wildman–Crippen LogP) is 5.47. The van der Waals surface area contributed by atoms with Crippen molar-refractivity contribution in [3.8, 4) is 0 Å². The molecule has 0 amide bonds. The summed E-state index contributed by atoms with van der Waals surface area (Å²) in [4.78, 5) is 71.2. The molecule has 3 aliphatic carbocycles. The summed E-state index contributed by atoms with van der Waals surface area (Å²) < 4.78 is 24.2. The molecule has 0 bridgehead atoms. The van der Waals surface area contributed by atoms with Gasteiger partial charge in [-0.25, -0.2) is 9.59 Å². The molecule has 0 aliphatic heterocycles. The number of hydrogen-bond donors (Lipinski definition) is 0. The summed E-state index contributed by atoms with van der Waals surface area (Å²) in [5.74, 6) is -5.08. The van der Waals surface area contributed by atoms with Crippen molar-refractivity contribution in [2.45, 2.75) is 78.3 Å². The second-order valence-electron chi connectivity index (χ2n) is 13.5. The van der Waals surface area contributed by atoms with E-state index in [1.807, 2.05) is 6.08 Å². The van der Waals surface area contributed by atoms with Crippen LogP contribution in [0, 0.1) is 29.1 Å². The third-order valence-corrected chi connectivity index (χ3v) is 9.98. The minimum Gasteiger partial charge on any atom is -0.458 e. The number of rotatable bonds is 6. The number of fused-ring (bicyclic) bond motifs is 2. The molecule has 47 heavy (non-hydrogen) atoms. The summed E-state index contributed by atoms with van der Waals surface area (Å²) in [5, 5.41) is 0. The van der Waals surface area contributed by atoms with Gasteiger partial charge >= 0.3 is 23.9 Å². The number of carbonyl (C=O) groups excluding carboxylic acids is 5. The number of allylic oxidation sites excluding steroid dienone is 1. The van der Waals surface area contributed by atoms with E-state index in [9.17, 15) is 24.0 Å². The van der Waals surface area contributed by atoms with E-state index in [4.69, 9.17) is 18.9 Å². The quantitative estimate of drug-likeness (QED) is 0.227. The standard InChI is InChI=1S/C37H41NO9/c1-20-16-27-28(36(27,6)7)17-29(45-35(43)26-14-11-15-38-19-26)22(3)32(44-23(4)39)30-31(46-34(42)25-12-9-8-10-13-25)21(2)18-37(30,33(20)41)47-24(5)40/h8-16,19,21,27-32H,3,17-18H2,1-2,4-7H3/t21-,27?,28?,29+,30+,31-,32-,37+/m0/s1. The Balaban J connectivity index is 1.68. The summed E-state index contributed by atoms with van der Waals surface area (Å²) in [5.41, 5.74) is -1.11. The van der Waals surface area contributed by atoms with E-state index >= 15 is 0 Å². The van der Waals surface area contributed by atoms with Crippen molar-refractivity contribution in [2.24, 2.45) is 29.1 Å². The molecule has 2 unspecified atom stereocenters. The van der Waals surface area contributed by atoms with Crippen molar-refractivity contribution in [1.29, 1.82) is 0 Å². The van der Waals surface area contributed by atoms with Gasteiger partial charge in [0.05, 0.1) is 17.0 Å². The first-order valence-electron chi connectivity index (χ1n) is 15.8. The van der Waals surface area contributed by atoms with Crippen molar-refractivity contribution in [3.05, 3.63) is 89.8 Å². The molecule has 5 rings (SSSR count). The van der Waals surface area contributed by atoms with E-state index in [2.05, 4.69) is 25.4 Å². The maximum Gasteiger partial charge on any atom is 0.340 e. The lowest BCUT2D eigenvalue weighted by Gasteiger charge is -2.40. The molecule has 0 saturated heterocycles. The van der Waals surface area contributed by atoms with Crippen LogP contribution in [-0.2, 0) is 33.3 Å². The number of esters is 4. The van der Waals surface area contributed by atoms with Crippen LogP contribution >= 0.6 is 0 Å². The van der Waals surface area contributed by atoms with E-state index in [0.29, 0.717) is 12.0 Å². The van der Waals surface area contributed by atoms with Gasteiger partial charge in [-0.05, 0) is 66.4 Å². The van der Waals surface area contributed by atoms with Gasteiger partial charge in [-0.2, -0.15) is 0 Å². The zero-order valence-corrected chi connectivity index (χ0v) is 27.6. The SMILES string of the molecule is C=C1[C@H](OC(=O)c2cccnc2)CC2C(C=C(C)C(=O)[C@@]3(OC(C)=O)C[C@H](C)[C@H](OC(=O)c4ccccc4)[C@@H]3[C@H]1OC(C)=O)C2(C)C. The van der Waals surface area contributed by atoms with Crippen LogP contribution in [0.5, 0.6) is 0 Å². The van der Waals surface area contributed by atoms with Crippen LogP contribution in [0.25, 0.3) is 0 Å². The van der Waals surface area contributed by atoms with Gasteiger partial charge < -0.3 is 18.9 Å². The van der Waals surface area contributed by atoms with E-state index in [-0.39, 0.29) is 40.4 Å². The molecule has 10 nitrogen and oxygen atoms in total. The van der Waals surface area contributed by atoms with Crippen molar-refractivity contribution in [2.75, 3.05) is 0 Å². The lowest BCUT2D eigenvalue weighted by atomic mass is 9.76. The van der Waals surface area contributed by atoms with Gasteiger partial charge in [-0.1, -0.05) is 51.6 Å². The van der Waals surface area contributed by atoms with E-state index < -0.39 is 65.4 Å². The molecular weight excluding hydrogens is 602 g/mol. The zero-order chi connectivity index (χ0) is 34.3. The molecule has 10 heteroatoms. The third-order valence-electron chi connectivity index (χ3n) is 9.98. The Morgan fingerprint density at radius 3 is 2.19 bits per heavy atom. The maximum atomic E-state index is 14.7. The summed E-state index contributed by atoms with van der Waals surface area (Å²) in [6.45, 7) is 14.3. The van der Waals surface area contributed by atoms with Crippen LogP contribution < -0.4 is 0 Å². The molecule has 0 N–H and O–H groups in total. The van der Waals surface area contributed by atoms with Gasteiger partial charge in [-0.15, -0.1) is 0 Å². The third kappa shape index (κ3) is 6.50. The predicted molar refractivity (Wildman–Crippen MR) is 170 cm³/mol. The number of Topliss-reactive ketones (excluding diaryl/α,β-unsaturated/α-hetero) is 1. The van der Waals surface area contributed by atoms with Crippen molar-refractivity contribution in [1.82, 2.24) is 4.98 Å². The van der Waals surface area contributed by atoms with E-state index in [1.165, 1.54) is 26.2 Å². The fourth-order valence-corrected chi connectivity index (χ4v) is 7.55. The molecule has 2 fully saturated rings. The number of carbonyl (C=O) groups is 5. The lowest BCUT2D eigenvalue weighted by Crippen LogP contribution is -2.55. The van der Waals surface area contributed by atoms with E-state index in [1.54, 1.807) is 56.3 Å². The second-order valence-corrected chi connectivity index (χ2v) is 13.5. The summed E-state index contributed by atoms with van der Waals surface area (Å²) in [6.07, 6.45) is 1.70. The smallest absolute Gasteiger partial charge is 0.340 e. The Kier molecular flexibility index (Phi) is 9.26. The van der Waals surface area contributed by atoms with Gasteiger partial charge in [0.15, 0.2) is 5.60 Å². The first-order valence-corrected chi connectivity index (χ1v) is 15.8. The first-order chi connectivity index (χ1) is 22.2. The number of nitrogens with zero attached hydrogens (tertiary/aromatic N) is 1. The number of pyridine rings is 1. The molecule has 1 heterocycles. The molecule has 0 spiro atoms. The Morgan fingerprint density at radius 1 is 0.915 bits per heavy atom. The maximum absolute atomic E-state index is 14.7. The number of aromatic nitrogens is 1. The van der Waals surface area contributed by atoms with Crippen LogP contribution in [0.4, 0.5) is 0 Å². The van der Waals surface area contributed by atoms with Crippen LogP contribution in [0.2, 0.25) is 0 Å². The average Bonchev–Trinajstić information content (AvgIpc) is 3.41. The minimum atomic E-state index is -1.90.